The van der Waals surface area contributed by atoms with Gasteiger partial charge < -0.3 is 9.73 Å². The minimum absolute atomic E-state index is 0.0655. The van der Waals surface area contributed by atoms with Crippen LogP contribution in [0.15, 0.2) is 83.5 Å². The molecule has 0 saturated heterocycles. The maximum atomic E-state index is 12.4. The van der Waals surface area contributed by atoms with Gasteiger partial charge in [0.25, 0.3) is 5.91 Å². The Morgan fingerprint density at radius 1 is 1.18 bits per heavy atom. The fraction of sp³-hybridized carbons (Fsp3) is 0. The van der Waals surface area contributed by atoms with Crippen molar-refractivity contribution in [1.29, 1.82) is 5.26 Å². The normalized spacial score (nSPS) is 11.1. The van der Waals surface area contributed by atoms with E-state index in [1.54, 1.807) is 36.4 Å². The molecule has 0 aliphatic carbocycles. The van der Waals surface area contributed by atoms with Gasteiger partial charge in [0, 0.05) is 26.2 Å². The van der Waals surface area contributed by atoms with E-state index >= 15 is 0 Å². The molecule has 28 heavy (non-hydrogen) atoms. The number of amides is 1. The van der Waals surface area contributed by atoms with E-state index in [9.17, 15) is 10.1 Å². The summed E-state index contributed by atoms with van der Waals surface area (Å²) < 4.78 is 7.32. The van der Waals surface area contributed by atoms with Gasteiger partial charge in [0.05, 0.1) is 4.47 Å². The molecule has 2 aromatic carbocycles. The maximum Gasteiger partial charge on any atom is 0.266 e. The molecule has 3 rings (SSSR count). The number of nitrogens with zero attached hydrogens (tertiary/aromatic N) is 1. The van der Waals surface area contributed by atoms with Crippen LogP contribution in [0.2, 0.25) is 5.02 Å². The topological polar surface area (TPSA) is 66.0 Å². The largest absolute Gasteiger partial charge is 0.449 e. The quantitative estimate of drug-likeness (QED) is 0.277. The second-order valence-electron chi connectivity index (χ2n) is 5.47. The summed E-state index contributed by atoms with van der Waals surface area (Å²) in [5.41, 5.74) is 0.518. The zero-order valence-corrected chi connectivity index (χ0v) is 18.8. The van der Waals surface area contributed by atoms with Gasteiger partial charge in [-0.3, -0.25) is 4.79 Å². The molecular weight excluding hydrogens is 528 g/mol. The summed E-state index contributed by atoms with van der Waals surface area (Å²) in [6, 6.07) is 18.1. The van der Waals surface area contributed by atoms with Crippen molar-refractivity contribution in [2.75, 3.05) is 5.32 Å². The summed E-state index contributed by atoms with van der Waals surface area (Å²) in [7, 11) is 0. The van der Waals surface area contributed by atoms with Crippen molar-refractivity contribution in [3.05, 3.63) is 79.9 Å². The second kappa shape index (κ2) is 9.48. The van der Waals surface area contributed by atoms with Gasteiger partial charge in [-0.25, -0.2) is 0 Å². The van der Waals surface area contributed by atoms with Gasteiger partial charge in [-0.05, 0) is 64.5 Å². The number of carbonyl (C=O) groups excluding carboxylic acids is 1. The summed E-state index contributed by atoms with van der Waals surface area (Å²) >= 11 is 14.1. The zero-order valence-electron chi connectivity index (χ0n) is 14.1. The molecule has 0 unspecified atom stereocenters. The lowest BCUT2D eigenvalue weighted by Crippen LogP contribution is -2.13. The van der Waals surface area contributed by atoms with Crippen LogP contribution < -0.4 is 5.32 Å². The number of furan rings is 1. The number of anilines is 1. The Labute approximate surface area is 187 Å². The standard InChI is InChI=1S/C20H11Br2ClN2O2S/c21-13-2-1-3-15(9-13)25-19(26)12(11-24)8-16-10-18(22)20(27-16)28-17-6-4-14(23)5-7-17/h1-10H,(H,25,26)/b12-8-. The Kier molecular flexibility index (Phi) is 7.03. The average Bonchev–Trinajstić information content (AvgIpc) is 3.00. The highest BCUT2D eigenvalue weighted by atomic mass is 79.9. The first-order valence-electron chi connectivity index (χ1n) is 7.86. The highest BCUT2D eigenvalue weighted by Crippen LogP contribution is 2.36. The smallest absolute Gasteiger partial charge is 0.266 e. The molecule has 0 radical (unpaired) electrons. The Bertz CT molecular complexity index is 1090. The second-order valence-corrected chi connectivity index (χ2v) is 8.73. The molecule has 1 N–H and O–H groups in total. The number of hydrogen-bond donors (Lipinski definition) is 1. The summed E-state index contributed by atoms with van der Waals surface area (Å²) in [6.07, 6.45) is 1.41. The first kappa shape index (κ1) is 20.7. The summed E-state index contributed by atoms with van der Waals surface area (Å²) in [6.45, 7) is 0. The molecule has 4 nitrogen and oxygen atoms in total. The van der Waals surface area contributed by atoms with E-state index in [0.717, 1.165) is 13.8 Å². The first-order valence-corrected chi connectivity index (χ1v) is 10.6. The van der Waals surface area contributed by atoms with Crippen LogP contribution in [-0.2, 0) is 4.79 Å². The molecule has 0 saturated carbocycles. The monoisotopic (exact) mass is 536 g/mol. The summed E-state index contributed by atoms with van der Waals surface area (Å²) in [5.74, 6) is -0.121. The molecule has 0 bridgehead atoms. The van der Waals surface area contributed by atoms with Crippen molar-refractivity contribution in [3.8, 4) is 6.07 Å². The van der Waals surface area contributed by atoms with E-state index in [2.05, 4.69) is 37.2 Å². The first-order chi connectivity index (χ1) is 13.4. The van der Waals surface area contributed by atoms with Crippen LogP contribution in [0, 0.1) is 11.3 Å². The third-order valence-corrected chi connectivity index (χ3v) is 6.03. The predicted octanol–water partition coefficient (Wildman–Crippen LogP) is 7.15. The SMILES string of the molecule is N#C/C(=C/c1cc(Br)c(Sc2ccc(Cl)cc2)o1)C(=O)Nc1cccc(Br)c1. The minimum atomic E-state index is -0.514. The molecule has 8 heteroatoms. The van der Waals surface area contributed by atoms with Gasteiger partial charge in [0.2, 0.25) is 0 Å². The van der Waals surface area contributed by atoms with E-state index in [0.29, 0.717) is 21.6 Å². The van der Waals surface area contributed by atoms with Crippen molar-refractivity contribution >= 4 is 72.9 Å². The maximum absolute atomic E-state index is 12.4. The van der Waals surface area contributed by atoms with Crippen LogP contribution in [-0.4, -0.2) is 5.91 Å². The fourth-order valence-electron chi connectivity index (χ4n) is 2.17. The van der Waals surface area contributed by atoms with Crippen molar-refractivity contribution in [3.63, 3.8) is 0 Å². The van der Waals surface area contributed by atoms with Crippen molar-refractivity contribution in [1.82, 2.24) is 0 Å². The third kappa shape index (κ3) is 5.52. The van der Waals surface area contributed by atoms with Gasteiger partial charge in [-0.2, -0.15) is 5.26 Å². The van der Waals surface area contributed by atoms with E-state index in [1.807, 2.05) is 24.3 Å². The molecule has 0 fully saturated rings. The number of nitrogens with one attached hydrogen (secondary N) is 1. The van der Waals surface area contributed by atoms with E-state index in [-0.39, 0.29) is 5.57 Å². The lowest BCUT2D eigenvalue weighted by Gasteiger charge is -2.04. The van der Waals surface area contributed by atoms with Crippen LogP contribution in [0.5, 0.6) is 0 Å². The van der Waals surface area contributed by atoms with Crippen LogP contribution in [0.1, 0.15) is 5.76 Å². The highest BCUT2D eigenvalue weighted by molar-refractivity contribution is 9.10. The number of benzene rings is 2. The molecule has 0 aliphatic rings. The number of nitriles is 1. The molecule has 0 aliphatic heterocycles. The average molecular weight is 539 g/mol. The molecule has 1 amide bonds. The molecule has 3 aromatic rings. The van der Waals surface area contributed by atoms with E-state index in [1.165, 1.54) is 17.8 Å². The van der Waals surface area contributed by atoms with E-state index < -0.39 is 5.91 Å². The molecule has 140 valence electrons. The highest BCUT2D eigenvalue weighted by Gasteiger charge is 2.14. The van der Waals surface area contributed by atoms with E-state index in [4.69, 9.17) is 16.0 Å². The number of rotatable bonds is 5. The minimum Gasteiger partial charge on any atom is -0.449 e. The number of halogens is 3. The number of carbonyl (C=O) groups is 1. The predicted molar refractivity (Wildman–Crippen MR) is 118 cm³/mol. The lowest BCUT2D eigenvalue weighted by atomic mass is 10.2. The Morgan fingerprint density at radius 3 is 2.61 bits per heavy atom. The van der Waals surface area contributed by atoms with Crippen LogP contribution in [0.25, 0.3) is 6.08 Å². The molecule has 1 aromatic heterocycles. The van der Waals surface area contributed by atoms with Crippen molar-refractivity contribution in [2.24, 2.45) is 0 Å². The number of hydrogen-bond acceptors (Lipinski definition) is 4. The summed E-state index contributed by atoms with van der Waals surface area (Å²) in [5, 5.41) is 13.3. The van der Waals surface area contributed by atoms with Gasteiger partial charge in [0.1, 0.15) is 17.4 Å². The van der Waals surface area contributed by atoms with Crippen LogP contribution in [0.3, 0.4) is 0 Å². The molecule has 0 spiro atoms. The molecule has 0 atom stereocenters. The van der Waals surface area contributed by atoms with Crippen LogP contribution >= 0.6 is 55.2 Å². The van der Waals surface area contributed by atoms with Crippen molar-refractivity contribution < 1.29 is 9.21 Å². The van der Waals surface area contributed by atoms with Crippen molar-refractivity contribution in [2.45, 2.75) is 9.99 Å². The van der Waals surface area contributed by atoms with Gasteiger partial charge in [-0.1, -0.05) is 45.4 Å². The third-order valence-electron chi connectivity index (χ3n) is 3.43. The Balaban J connectivity index is 1.78. The lowest BCUT2D eigenvalue weighted by molar-refractivity contribution is -0.112. The Morgan fingerprint density at radius 2 is 1.93 bits per heavy atom. The van der Waals surface area contributed by atoms with Gasteiger partial charge >= 0.3 is 0 Å². The van der Waals surface area contributed by atoms with Gasteiger partial charge in [0.15, 0.2) is 5.09 Å². The zero-order chi connectivity index (χ0) is 20.1. The van der Waals surface area contributed by atoms with Gasteiger partial charge in [-0.15, -0.1) is 0 Å². The fourth-order valence-corrected chi connectivity index (χ4v) is 4.03. The van der Waals surface area contributed by atoms with Crippen LogP contribution in [0.4, 0.5) is 5.69 Å². The summed E-state index contributed by atoms with van der Waals surface area (Å²) in [4.78, 5) is 13.3. The molecular formula is C20H11Br2ClN2O2S. The Hall–Kier alpha value is -1.98. The molecule has 1 heterocycles.